The van der Waals surface area contributed by atoms with Gasteiger partial charge in [0.25, 0.3) is 5.91 Å². The number of aromatic nitrogens is 3. The molecule has 0 spiro atoms. The highest BCUT2D eigenvalue weighted by molar-refractivity contribution is 6.04. The van der Waals surface area contributed by atoms with Crippen LogP contribution in [0.5, 0.6) is 11.6 Å². The van der Waals surface area contributed by atoms with E-state index < -0.39 is 0 Å². The van der Waals surface area contributed by atoms with Gasteiger partial charge in [-0.2, -0.15) is 0 Å². The van der Waals surface area contributed by atoms with Crippen molar-refractivity contribution in [3.63, 3.8) is 0 Å². The van der Waals surface area contributed by atoms with Crippen molar-refractivity contribution < 1.29 is 9.53 Å². The Morgan fingerprint density at radius 1 is 1.13 bits per heavy atom. The summed E-state index contributed by atoms with van der Waals surface area (Å²) in [6.07, 6.45) is 4.81. The lowest BCUT2D eigenvalue weighted by atomic mass is 10.2. The first kappa shape index (κ1) is 18.4. The Morgan fingerprint density at radius 3 is 2.63 bits per heavy atom. The van der Waals surface area contributed by atoms with Crippen molar-refractivity contribution in [1.82, 2.24) is 14.4 Å². The fourth-order valence-electron chi connectivity index (χ4n) is 3.71. The van der Waals surface area contributed by atoms with Crippen LogP contribution >= 0.6 is 0 Å². The first-order chi connectivity index (χ1) is 14.6. The van der Waals surface area contributed by atoms with Gasteiger partial charge in [-0.05, 0) is 61.7 Å². The molecule has 1 aliphatic rings. The lowest BCUT2D eigenvalue weighted by Crippen LogP contribution is -2.12. The first-order valence-electron chi connectivity index (χ1n) is 10.1. The molecule has 4 aromatic rings. The average Bonchev–Trinajstić information content (AvgIpc) is 3.40. The molecule has 1 saturated carbocycles. The Labute approximate surface area is 174 Å². The van der Waals surface area contributed by atoms with Crippen LogP contribution in [0.4, 0.5) is 5.69 Å². The molecule has 1 aromatic carbocycles. The predicted octanol–water partition coefficient (Wildman–Crippen LogP) is 5.21. The summed E-state index contributed by atoms with van der Waals surface area (Å²) in [6.45, 7) is 4.35. The van der Waals surface area contributed by atoms with Crippen LogP contribution in [0.15, 0.2) is 67.0 Å². The van der Waals surface area contributed by atoms with Crippen LogP contribution in [-0.4, -0.2) is 20.3 Å². The van der Waals surface area contributed by atoms with E-state index in [1.807, 2.05) is 30.5 Å². The third kappa shape index (κ3) is 3.52. The van der Waals surface area contributed by atoms with E-state index in [-0.39, 0.29) is 5.91 Å². The van der Waals surface area contributed by atoms with E-state index in [0.717, 1.165) is 17.0 Å². The molecule has 0 saturated heterocycles. The summed E-state index contributed by atoms with van der Waals surface area (Å²) in [7, 11) is 0. The number of hydrogen-bond donors (Lipinski definition) is 1. The summed E-state index contributed by atoms with van der Waals surface area (Å²) in [5.41, 5.74) is 4.52. The molecule has 150 valence electrons. The highest BCUT2D eigenvalue weighted by atomic mass is 16.5. The number of anilines is 1. The second kappa shape index (κ2) is 7.30. The number of hydrogen-bond acceptors (Lipinski definition) is 4. The molecular formula is C24H22N4O2. The van der Waals surface area contributed by atoms with Gasteiger partial charge in [0, 0.05) is 35.6 Å². The first-order valence-corrected chi connectivity index (χ1v) is 10.1. The number of amides is 1. The summed E-state index contributed by atoms with van der Waals surface area (Å²) in [5, 5.41) is 2.97. The van der Waals surface area contributed by atoms with Crippen LogP contribution in [0, 0.1) is 12.8 Å². The largest absolute Gasteiger partial charge is 0.439 e. The molecule has 2 atom stereocenters. The van der Waals surface area contributed by atoms with Gasteiger partial charge in [-0.3, -0.25) is 4.79 Å². The van der Waals surface area contributed by atoms with Crippen molar-refractivity contribution in [2.45, 2.75) is 26.2 Å². The molecule has 0 radical (unpaired) electrons. The minimum absolute atomic E-state index is 0.174. The molecule has 6 heteroatoms. The second-order valence-electron chi connectivity index (χ2n) is 7.80. The number of nitrogens with zero attached hydrogens (tertiary/aromatic N) is 3. The lowest BCUT2D eigenvalue weighted by molar-refractivity contribution is 0.102. The number of rotatable bonds is 5. The van der Waals surface area contributed by atoms with Gasteiger partial charge < -0.3 is 14.5 Å². The van der Waals surface area contributed by atoms with Crippen molar-refractivity contribution >= 4 is 17.2 Å². The highest BCUT2D eigenvalue weighted by Crippen LogP contribution is 2.47. The molecule has 0 bridgehead atoms. The Balaban J connectivity index is 1.31. The van der Waals surface area contributed by atoms with E-state index in [0.29, 0.717) is 29.0 Å². The van der Waals surface area contributed by atoms with Crippen molar-refractivity contribution in [2.24, 2.45) is 5.92 Å². The van der Waals surface area contributed by atoms with Crippen molar-refractivity contribution in [3.8, 4) is 11.6 Å². The Kier molecular flexibility index (Phi) is 4.47. The highest BCUT2D eigenvalue weighted by Gasteiger charge is 2.37. The zero-order valence-corrected chi connectivity index (χ0v) is 16.9. The molecule has 30 heavy (non-hydrogen) atoms. The standard InChI is InChI=1S/C24H22N4O2/c1-15-13-20(15)23-16(2)28-14-18(8-11-21(28)27-23)26-24(29)17-6-9-19(10-7-17)30-22-5-3-4-12-25-22/h3-12,14-15,20H,13H2,1-2H3,(H,26,29)/t15-,20-/m1/s1. The summed E-state index contributed by atoms with van der Waals surface area (Å²) >= 11 is 0. The molecule has 3 heterocycles. The van der Waals surface area contributed by atoms with Crippen LogP contribution in [0.25, 0.3) is 5.65 Å². The number of carbonyl (C=O) groups excluding carboxylic acids is 1. The molecule has 1 aliphatic carbocycles. The number of benzene rings is 1. The van der Waals surface area contributed by atoms with E-state index in [4.69, 9.17) is 9.72 Å². The van der Waals surface area contributed by atoms with Gasteiger partial charge in [0.1, 0.15) is 11.4 Å². The molecule has 1 amide bonds. The van der Waals surface area contributed by atoms with Crippen LogP contribution in [0.3, 0.4) is 0 Å². The maximum atomic E-state index is 12.7. The van der Waals surface area contributed by atoms with Crippen LogP contribution in [0.1, 0.15) is 41.0 Å². The van der Waals surface area contributed by atoms with Gasteiger partial charge in [0.05, 0.1) is 11.4 Å². The van der Waals surface area contributed by atoms with Gasteiger partial charge in [-0.1, -0.05) is 13.0 Å². The molecular weight excluding hydrogens is 376 g/mol. The molecule has 3 aromatic heterocycles. The van der Waals surface area contributed by atoms with E-state index in [2.05, 4.69) is 28.5 Å². The zero-order valence-electron chi connectivity index (χ0n) is 16.9. The summed E-state index contributed by atoms with van der Waals surface area (Å²) in [4.78, 5) is 21.6. The average molecular weight is 398 g/mol. The fraction of sp³-hybridized carbons (Fsp3) is 0.208. The molecule has 1 fully saturated rings. The van der Waals surface area contributed by atoms with Gasteiger partial charge >= 0.3 is 0 Å². The van der Waals surface area contributed by atoms with Gasteiger partial charge in [-0.25, -0.2) is 9.97 Å². The lowest BCUT2D eigenvalue weighted by Gasteiger charge is -2.08. The van der Waals surface area contributed by atoms with Gasteiger partial charge in [0.2, 0.25) is 5.88 Å². The van der Waals surface area contributed by atoms with Crippen molar-refractivity contribution in [3.05, 3.63) is 83.9 Å². The maximum Gasteiger partial charge on any atom is 0.255 e. The number of imidazole rings is 1. The Bertz CT molecular complexity index is 1220. The minimum atomic E-state index is -0.174. The fourth-order valence-corrected chi connectivity index (χ4v) is 3.71. The Hall–Kier alpha value is -3.67. The van der Waals surface area contributed by atoms with Gasteiger partial charge in [-0.15, -0.1) is 0 Å². The zero-order chi connectivity index (χ0) is 20.7. The number of carbonyl (C=O) groups is 1. The van der Waals surface area contributed by atoms with Gasteiger partial charge in [0.15, 0.2) is 0 Å². The minimum Gasteiger partial charge on any atom is -0.439 e. The summed E-state index contributed by atoms with van der Waals surface area (Å²) in [5.74, 6) is 2.24. The molecule has 5 rings (SSSR count). The summed E-state index contributed by atoms with van der Waals surface area (Å²) < 4.78 is 7.73. The van der Waals surface area contributed by atoms with Crippen LogP contribution < -0.4 is 10.1 Å². The molecule has 1 N–H and O–H groups in total. The van der Waals surface area contributed by atoms with E-state index in [1.54, 1.807) is 36.5 Å². The molecule has 6 nitrogen and oxygen atoms in total. The van der Waals surface area contributed by atoms with E-state index in [1.165, 1.54) is 12.1 Å². The van der Waals surface area contributed by atoms with Crippen LogP contribution in [0.2, 0.25) is 0 Å². The molecule has 0 unspecified atom stereocenters. The number of fused-ring (bicyclic) bond motifs is 1. The predicted molar refractivity (Wildman–Crippen MR) is 115 cm³/mol. The summed E-state index contributed by atoms with van der Waals surface area (Å²) in [6, 6.07) is 16.3. The third-order valence-corrected chi connectivity index (χ3v) is 5.59. The number of ether oxygens (including phenoxy) is 1. The topological polar surface area (TPSA) is 68.5 Å². The number of aryl methyl sites for hydroxylation is 1. The molecule has 0 aliphatic heterocycles. The smallest absolute Gasteiger partial charge is 0.255 e. The quantitative estimate of drug-likeness (QED) is 0.501. The maximum absolute atomic E-state index is 12.7. The Morgan fingerprint density at radius 2 is 1.93 bits per heavy atom. The monoisotopic (exact) mass is 398 g/mol. The normalized spacial score (nSPS) is 17.7. The van der Waals surface area contributed by atoms with Crippen LogP contribution in [-0.2, 0) is 0 Å². The third-order valence-electron chi connectivity index (χ3n) is 5.59. The van der Waals surface area contributed by atoms with Crippen molar-refractivity contribution in [2.75, 3.05) is 5.32 Å². The van der Waals surface area contributed by atoms with Crippen molar-refractivity contribution in [1.29, 1.82) is 0 Å². The van der Waals surface area contributed by atoms with E-state index in [9.17, 15) is 4.79 Å². The number of nitrogens with one attached hydrogen (secondary N) is 1. The van der Waals surface area contributed by atoms with E-state index >= 15 is 0 Å². The second-order valence-corrected chi connectivity index (χ2v) is 7.80. The SMILES string of the molecule is Cc1c([C@@H]2C[C@H]2C)nc2ccc(NC(=O)c3ccc(Oc4ccccn4)cc3)cn12. The number of pyridine rings is 2.